The van der Waals surface area contributed by atoms with Gasteiger partial charge in [0.1, 0.15) is 0 Å². The summed E-state index contributed by atoms with van der Waals surface area (Å²) in [4.78, 5) is 18.2. The normalized spacial score (nSPS) is 16.8. The highest BCUT2D eigenvalue weighted by Gasteiger charge is 2.28. The van der Waals surface area contributed by atoms with Gasteiger partial charge in [0.2, 0.25) is 10.0 Å². The van der Waals surface area contributed by atoms with Crippen LogP contribution in [0.4, 0.5) is 5.13 Å². The summed E-state index contributed by atoms with van der Waals surface area (Å²) in [6.07, 6.45) is 4.84. The van der Waals surface area contributed by atoms with Crippen LogP contribution >= 0.6 is 11.3 Å². The number of sulfonamides is 1. The number of aryl methyl sites for hydroxylation is 2. The zero-order chi connectivity index (χ0) is 16.7. The van der Waals surface area contributed by atoms with Crippen LogP contribution in [0, 0.1) is 0 Å². The van der Waals surface area contributed by atoms with Gasteiger partial charge in [0.15, 0.2) is 5.13 Å². The Labute approximate surface area is 144 Å². The molecule has 1 aromatic heterocycles. The van der Waals surface area contributed by atoms with Crippen LogP contribution in [0.3, 0.4) is 0 Å². The first-order chi connectivity index (χ1) is 11.5. The van der Waals surface area contributed by atoms with Crippen molar-refractivity contribution in [3.05, 3.63) is 40.4 Å². The Balaban J connectivity index is 1.52. The van der Waals surface area contributed by atoms with Crippen molar-refractivity contribution in [2.75, 3.05) is 5.32 Å². The fourth-order valence-corrected chi connectivity index (χ4v) is 5.10. The molecular weight excluding hydrogens is 346 g/mol. The number of aromatic nitrogens is 1. The summed E-state index contributed by atoms with van der Waals surface area (Å²) in [7, 11) is -3.57. The minimum Gasteiger partial charge on any atom is -0.298 e. The number of rotatable bonds is 5. The van der Waals surface area contributed by atoms with Crippen LogP contribution in [0.25, 0.3) is 0 Å². The maximum atomic E-state index is 12.4. The van der Waals surface area contributed by atoms with E-state index in [1.807, 2.05) is 0 Å². The van der Waals surface area contributed by atoms with E-state index >= 15 is 0 Å². The van der Waals surface area contributed by atoms with E-state index in [4.69, 9.17) is 0 Å². The number of benzene rings is 1. The molecule has 0 unspecified atom stereocenters. The number of nitrogens with one attached hydrogen (secondary N) is 2. The molecule has 1 saturated carbocycles. The lowest BCUT2D eigenvalue weighted by Gasteiger charge is -2.07. The van der Waals surface area contributed by atoms with E-state index in [-0.39, 0.29) is 16.8 Å². The van der Waals surface area contributed by atoms with Crippen molar-refractivity contribution in [3.63, 3.8) is 0 Å². The molecule has 1 fully saturated rings. The van der Waals surface area contributed by atoms with Gasteiger partial charge in [-0.1, -0.05) is 6.07 Å². The molecule has 2 N–H and O–H groups in total. The van der Waals surface area contributed by atoms with Crippen molar-refractivity contribution < 1.29 is 13.2 Å². The van der Waals surface area contributed by atoms with E-state index in [1.54, 1.807) is 12.1 Å². The van der Waals surface area contributed by atoms with E-state index < -0.39 is 10.0 Å². The number of hydrogen-bond donors (Lipinski definition) is 2. The van der Waals surface area contributed by atoms with Gasteiger partial charge < -0.3 is 0 Å². The Hall–Kier alpha value is -1.77. The molecule has 1 heterocycles. The number of carbonyl (C=O) groups is 1. The van der Waals surface area contributed by atoms with Crippen LogP contribution in [0.2, 0.25) is 0 Å². The lowest BCUT2D eigenvalue weighted by Crippen LogP contribution is -2.26. The van der Waals surface area contributed by atoms with Gasteiger partial charge in [0, 0.05) is 16.5 Å². The van der Waals surface area contributed by atoms with Crippen LogP contribution in [-0.4, -0.2) is 25.4 Å². The number of nitrogens with zero attached hydrogens (tertiary/aromatic N) is 1. The van der Waals surface area contributed by atoms with E-state index in [9.17, 15) is 13.2 Å². The maximum absolute atomic E-state index is 12.4. The Morgan fingerprint density at radius 2 is 2.08 bits per heavy atom. The molecule has 1 aromatic carbocycles. The fourth-order valence-electron chi connectivity index (χ4n) is 2.71. The van der Waals surface area contributed by atoms with Gasteiger partial charge in [-0.05, 0) is 50.3 Å². The monoisotopic (exact) mass is 363 g/mol. The first-order valence-electron chi connectivity index (χ1n) is 7.93. The molecule has 0 atom stereocenters. The van der Waals surface area contributed by atoms with Gasteiger partial charge >= 0.3 is 0 Å². The highest BCUT2D eigenvalue weighted by Crippen LogP contribution is 2.30. The highest BCUT2D eigenvalue weighted by atomic mass is 32.2. The van der Waals surface area contributed by atoms with Crippen molar-refractivity contribution in [2.45, 2.75) is 43.0 Å². The summed E-state index contributed by atoms with van der Waals surface area (Å²) >= 11 is 1.50. The predicted molar refractivity (Wildman–Crippen MR) is 91.9 cm³/mol. The number of hydrogen-bond acceptors (Lipinski definition) is 5. The number of carbonyl (C=O) groups excluding carboxylic acids is 1. The Bertz CT molecular complexity index is 880. The molecule has 0 saturated heterocycles. The average molecular weight is 363 g/mol. The minimum absolute atomic E-state index is 0.0326. The predicted octanol–water partition coefficient (Wildman–Crippen LogP) is 2.32. The van der Waals surface area contributed by atoms with Gasteiger partial charge in [-0.15, -0.1) is 11.3 Å². The third-order valence-electron chi connectivity index (χ3n) is 4.12. The lowest BCUT2D eigenvalue weighted by atomic mass is 10.2. The first-order valence-corrected chi connectivity index (χ1v) is 10.2. The summed E-state index contributed by atoms with van der Waals surface area (Å²) < 4.78 is 27.1. The van der Waals surface area contributed by atoms with E-state index in [0.717, 1.165) is 37.8 Å². The molecule has 4 rings (SSSR count). The van der Waals surface area contributed by atoms with Crippen molar-refractivity contribution in [3.8, 4) is 0 Å². The standard InChI is InChI=1S/C16H17N3O3S2/c20-15(18-16-17-13-5-2-6-14(13)23-16)10-3-1-4-12(9-10)24(21,22)19-11-7-8-11/h1,3-4,9,11,19H,2,5-8H2,(H,17,18,20). The van der Waals surface area contributed by atoms with Crippen LogP contribution < -0.4 is 10.0 Å². The third kappa shape index (κ3) is 3.22. The number of thiazole rings is 1. The van der Waals surface area contributed by atoms with Gasteiger partial charge in [-0.25, -0.2) is 18.1 Å². The van der Waals surface area contributed by atoms with Crippen molar-refractivity contribution in [1.29, 1.82) is 0 Å². The van der Waals surface area contributed by atoms with Crippen LogP contribution in [0.5, 0.6) is 0 Å². The Kier molecular flexibility index (Phi) is 3.90. The second-order valence-corrected chi connectivity index (χ2v) is 8.92. The summed E-state index contributed by atoms with van der Waals surface area (Å²) in [5.41, 5.74) is 1.38. The van der Waals surface area contributed by atoms with Gasteiger partial charge in [-0.3, -0.25) is 10.1 Å². The summed E-state index contributed by atoms with van der Waals surface area (Å²) in [5, 5.41) is 3.35. The topological polar surface area (TPSA) is 88.2 Å². The molecule has 0 aliphatic heterocycles. The molecule has 2 aromatic rings. The molecule has 0 spiro atoms. The Morgan fingerprint density at radius 3 is 2.83 bits per heavy atom. The molecule has 0 radical (unpaired) electrons. The number of anilines is 1. The fraction of sp³-hybridized carbons (Fsp3) is 0.375. The number of amides is 1. The van der Waals surface area contributed by atoms with E-state index in [0.29, 0.717) is 10.7 Å². The molecule has 2 aliphatic carbocycles. The number of fused-ring (bicyclic) bond motifs is 1. The second kappa shape index (κ2) is 5.94. The van der Waals surface area contributed by atoms with Crippen LogP contribution in [0.1, 0.15) is 40.2 Å². The Morgan fingerprint density at radius 1 is 1.25 bits per heavy atom. The second-order valence-electron chi connectivity index (χ2n) is 6.12. The SMILES string of the molecule is O=C(Nc1nc2c(s1)CCC2)c1cccc(S(=O)(=O)NC2CC2)c1. The average Bonchev–Trinajstić information content (AvgIpc) is 3.10. The zero-order valence-electron chi connectivity index (χ0n) is 12.9. The van der Waals surface area contributed by atoms with Gasteiger partial charge in [0.25, 0.3) is 5.91 Å². The molecule has 24 heavy (non-hydrogen) atoms. The van der Waals surface area contributed by atoms with Crippen molar-refractivity contribution in [1.82, 2.24) is 9.71 Å². The largest absolute Gasteiger partial charge is 0.298 e. The first kappa shape index (κ1) is 15.7. The van der Waals surface area contributed by atoms with Crippen molar-refractivity contribution in [2.24, 2.45) is 0 Å². The zero-order valence-corrected chi connectivity index (χ0v) is 14.5. The van der Waals surface area contributed by atoms with E-state index in [1.165, 1.54) is 28.3 Å². The van der Waals surface area contributed by atoms with Crippen molar-refractivity contribution >= 4 is 32.4 Å². The quantitative estimate of drug-likeness (QED) is 0.853. The highest BCUT2D eigenvalue weighted by molar-refractivity contribution is 7.89. The smallest absolute Gasteiger partial charge is 0.257 e. The summed E-state index contributed by atoms with van der Waals surface area (Å²) in [5.74, 6) is -0.342. The lowest BCUT2D eigenvalue weighted by molar-refractivity contribution is 0.102. The molecule has 8 heteroatoms. The minimum atomic E-state index is -3.57. The summed E-state index contributed by atoms with van der Waals surface area (Å²) in [6, 6.07) is 6.12. The van der Waals surface area contributed by atoms with E-state index in [2.05, 4.69) is 15.0 Å². The molecule has 126 valence electrons. The van der Waals surface area contributed by atoms with Gasteiger partial charge in [0.05, 0.1) is 10.6 Å². The third-order valence-corrected chi connectivity index (χ3v) is 6.71. The molecule has 2 aliphatic rings. The van der Waals surface area contributed by atoms with Crippen LogP contribution in [0.15, 0.2) is 29.2 Å². The molecule has 6 nitrogen and oxygen atoms in total. The van der Waals surface area contributed by atoms with Gasteiger partial charge in [-0.2, -0.15) is 0 Å². The molecule has 1 amide bonds. The summed E-state index contributed by atoms with van der Waals surface area (Å²) in [6.45, 7) is 0. The van der Waals surface area contributed by atoms with Crippen LogP contribution in [-0.2, 0) is 22.9 Å². The molecular formula is C16H17N3O3S2. The molecule has 0 bridgehead atoms. The maximum Gasteiger partial charge on any atom is 0.257 e.